The maximum atomic E-state index is 12.9. The molecule has 5 heteroatoms. The second-order valence-electron chi connectivity index (χ2n) is 10.1. The maximum absolute atomic E-state index is 12.9. The minimum absolute atomic E-state index is 0.0184. The minimum atomic E-state index is 0.0184. The van der Waals surface area contributed by atoms with Crippen LogP contribution >= 0.6 is 0 Å². The number of likely N-dealkylation sites (N-methyl/N-ethyl adjacent to an activating group) is 1. The molecule has 0 bridgehead atoms. The molecule has 1 aliphatic heterocycles. The zero-order valence-electron chi connectivity index (χ0n) is 19.0. The van der Waals surface area contributed by atoms with Crippen molar-refractivity contribution in [3.05, 3.63) is 60.1 Å². The topological polar surface area (TPSA) is 56.9 Å². The lowest BCUT2D eigenvalue weighted by Crippen LogP contribution is -2.56. The molecule has 3 atom stereocenters. The number of carbonyl (C=O) groups excluding carboxylic acids is 1. The molecule has 2 saturated carbocycles. The van der Waals surface area contributed by atoms with Gasteiger partial charge in [-0.2, -0.15) is 0 Å². The van der Waals surface area contributed by atoms with Crippen molar-refractivity contribution in [1.82, 2.24) is 9.80 Å². The summed E-state index contributed by atoms with van der Waals surface area (Å²) in [5.74, 6) is 1.85. The number of furan rings is 1. The van der Waals surface area contributed by atoms with E-state index in [4.69, 9.17) is 4.42 Å². The largest absolute Gasteiger partial charge is 0.508 e. The van der Waals surface area contributed by atoms with Crippen molar-refractivity contribution in [2.75, 3.05) is 26.7 Å². The number of rotatable bonds is 6. The Hall–Kier alpha value is -2.53. The molecule has 1 N–H and O–H groups in total. The number of piperidine rings is 1. The Labute approximate surface area is 190 Å². The Morgan fingerprint density at radius 1 is 1.28 bits per heavy atom. The highest BCUT2D eigenvalue weighted by atomic mass is 16.3. The second kappa shape index (κ2) is 8.78. The Kier molecular flexibility index (Phi) is 5.85. The third-order valence-corrected chi connectivity index (χ3v) is 8.07. The smallest absolute Gasteiger partial charge is 0.246 e. The SMILES string of the molecule is CN(C(=O)/C=C/c1ccoc1)[C@H]1CC[C@@H]2CN(CC3CC3)CC[C@@]2(c2cccc(O)c2)C1. The van der Waals surface area contributed by atoms with Crippen LogP contribution in [0.1, 0.15) is 49.7 Å². The van der Waals surface area contributed by atoms with Crippen LogP contribution in [0.2, 0.25) is 0 Å². The molecular formula is C27H34N2O3. The van der Waals surface area contributed by atoms with Crippen molar-refractivity contribution in [1.29, 1.82) is 0 Å². The summed E-state index contributed by atoms with van der Waals surface area (Å²) in [6.07, 6.45) is 13.7. The first kappa shape index (κ1) is 21.3. The predicted octanol–water partition coefficient (Wildman–Crippen LogP) is 4.68. The number of hydrogen-bond acceptors (Lipinski definition) is 4. The van der Waals surface area contributed by atoms with Crippen LogP contribution < -0.4 is 0 Å². The Balaban J connectivity index is 1.36. The Bertz CT molecular complexity index is 965. The van der Waals surface area contributed by atoms with E-state index >= 15 is 0 Å². The van der Waals surface area contributed by atoms with E-state index in [0.29, 0.717) is 11.7 Å². The number of nitrogens with zero attached hydrogens (tertiary/aromatic N) is 2. The lowest BCUT2D eigenvalue weighted by molar-refractivity contribution is -0.128. The van der Waals surface area contributed by atoms with Crippen LogP contribution in [0.3, 0.4) is 0 Å². The van der Waals surface area contributed by atoms with E-state index in [1.54, 1.807) is 24.7 Å². The number of phenolic OH excluding ortho intramolecular Hbond substituents is 1. The zero-order valence-corrected chi connectivity index (χ0v) is 19.0. The number of aromatic hydroxyl groups is 1. The average molecular weight is 435 g/mol. The third-order valence-electron chi connectivity index (χ3n) is 8.07. The van der Waals surface area contributed by atoms with Gasteiger partial charge in [-0.05, 0) is 86.7 Å². The van der Waals surface area contributed by atoms with Crippen LogP contribution in [0.25, 0.3) is 6.08 Å². The van der Waals surface area contributed by atoms with E-state index in [1.807, 2.05) is 36.2 Å². The number of benzene rings is 1. The predicted molar refractivity (Wildman–Crippen MR) is 125 cm³/mol. The molecule has 2 heterocycles. The lowest BCUT2D eigenvalue weighted by Gasteiger charge is -2.54. The summed E-state index contributed by atoms with van der Waals surface area (Å²) >= 11 is 0. The van der Waals surface area contributed by atoms with Gasteiger partial charge in [0.15, 0.2) is 0 Å². The van der Waals surface area contributed by atoms with Crippen molar-refractivity contribution in [3.63, 3.8) is 0 Å². The van der Waals surface area contributed by atoms with E-state index in [9.17, 15) is 9.90 Å². The summed E-state index contributed by atoms with van der Waals surface area (Å²) in [4.78, 5) is 17.5. The van der Waals surface area contributed by atoms with Gasteiger partial charge < -0.3 is 19.3 Å². The molecule has 5 rings (SSSR count). The van der Waals surface area contributed by atoms with E-state index < -0.39 is 0 Å². The van der Waals surface area contributed by atoms with Crippen LogP contribution in [0.4, 0.5) is 0 Å². The van der Waals surface area contributed by atoms with Gasteiger partial charge in [0.2, 0.25) is 5.91 Å². The van der Waals surface area contributed by atoms with Gasteiger partial charge in [0, 0.05) is 43.2 Å². The molecule has 170 valence electrons. The fourth-order valence-electron chi connectivity index (χ4n) is 6.00. The summed E-state index contributed by atoms with van der Waals surface area (Å²) in [5.41, 5.74) is 2.16. The quantitative estimate of drug-likeness (QED) is 0.671. The number of fused-ring (bicyclic) bond motifs is 1. The fourth-order valence-corrected chi connectivity index (χ4v) is 6.00. The average Bonchev–Trinajstić information content (AvgIpc) is 3.46. The van der Waals surface area contributed by atoms with Crippen LogP contribution in [0, 0.1) is 11.8 Å². The molecular weight excluding hydrogens is 400 g/mol. The van der Waals surface area contributed by atoms with Gasteiger partial charge in [0.05, 0.1) is 12.5 Å². The molecule has 1 aromatic carbocycles. The van der Waals surface area contributed by atoms with E-state index in [-0.39, 0.29) is 17.4 Å². The standard InChI is InChI=1S/C27H34N2O3/c1-28(26(31)10-7-21-11-14-32-19-21)24-9-8-23-18-29(17-20-5-6-20)13-12-27(23,16-24)22-3-2-4-25(30)15-22/h2-4,7,10-11,14-15,19-20,23-24,30H,5-6,8-9,12-13,16-18H2,1H3/b10-7+/t23-,24+,27+/m1/s1. The van der Waals surface area contributed by atoms with E-state index in [2.05, 4.69) is 11.0 Å². The molecule has 0 radical (unpaired) electrons. The van der Waals surface area contributed by atoms with Gasteiger partial charge in [-0.1, -0.05) is 12.1 Å². The first-order valence-corrected chi connectivity index (χ1v) is 12.0. The van der Waals surface area contributed by atoms with Crippen molar-refractivity contribution >= 4 is 12.0 Å². The van der Waals surface area contributed by atoms with Gasteiger partial charge >= 0.3 is 0 Å². The first-order chi connectivity index (χ1) is 15.5. The first-order valence-electron chi connectivity index (χ1n) is 12.0. The molecule has 2 aliphatic carbocycles. The minimum Gasteiger partial charge on any atom is -0.508 e. The van der Waals surface area contributed by atoms with Gasteiger partial charge in [-0.25, -0.2) is 0 Å². The number of carbonyl (C=O) groups is 1. The molecule has 5 nitrogen and oxygen atoms in total. The van der Waals surface area contributed by atoms with Crippen LogP contribution in [0.15, 0.2) is 53.4 Å². The molecule has 3 fully saturated rings. The van der Waals surface area contributed by atoms with Crippen molar-refractivity contribution in [2.24, 2.45) is 11.8 Å². The summed E-state index contributed by atoms with van der Waals surface area (Å²) in [6.45, 7) is 3.48. The van der Waals surface area contributed by atoms with Gasteiger partial charge in [-0.15, -0.1) is 0 Å². The van der Waals surface area contributed by atoms with Gasteiger partial charge in [0.25, 0.3) is 0 Å². The summed E-state index contributed by atoms with van der Waals surface area (Å²) in [5, 5.41) is 10.2. The Morgan fingerprint density at radius 3 is 2.91 bits per heavy atom. The molecule has 32 heavy (non-hydrogen) atoms. The Morgan fingerprint density at radius 2 is 2.16 bits per heavy atom. The third kappa shape index (κ3) is 4.36. The second-order valence-corrected chi connectivity index (χ2v) is 10.1. The fraction of sp³-hybridized carbons (Fsp3) is 0.519. The summed E-state index contributed by atoms with van der Waals surface area (Å²) < 4.78 is 5.09. The lowest BCUT2D eigenvalue weighted by atomic mass is 9.57. The number of hydrogen-bond donors (Lipinski definition) is 1. The number of likely N-dealkylation sites (tertiary alicyclic amines) is 1. The highest BCUT2D eigenvalue weighted by molar-refractivity contribution is 5.91. The molecule has 1 saturated heterocycles. The molecule has 3 aliphatic rings. The molecule has 1 aromatic heterocycles. The molecule has 0 unspecified atom stereocenters. The number of phenols is 1. The normalized spacial score (nSPS) is 28.5. The molecule has 1 amide bonds. The maximum Gasteiger partial charge on any atom is 0.246 e. The van der Waals surface area contributed by atoms with Crippen molar-refractivity contribution < 1.29 is 14.3 Å². The zero-order chi connectivity index (χ0) is 22.1. The van der Waals surface area contributed by atoms with Crippen molar-refractivity contribution in [3.8, 4) is 5.75 Å². The summed E-state index contributed by atoms with van der Waals surface area (Å²) in [7, 11) is 1.94. The molecule has 0 spiro atoms. The highest BCUT2D eigenvalue weighted by Crippen LogP contribution is 2.50. The summed E-state index contributed by atoms with van der Waals surface area (Å²) in [6, 6.07) is 9.93. The highest BCUT2D eigenvalue weighted by Gasteiger charge is 2.49. The van der Waals surface area contributed by atoms with Crippen LogP contribution in [-0.4, -0.2) is 53.5 Å². The molecule has 2 aromatic rings. The van der Waals surface area contributed by atoms with Crippen molar-refractivity contribution in [2.45, 2.75) is 50.0 Å². The van der Waals surface area contributed by atoms with Crippen LogP contribution in [-0.2, 0) is 10.2 Å². The van der Waals surface area contributed by atoms with E-state index in [1.165, 1.54) is 24.9 Å². The number of amides is 1. The van der Waals surface area contributed by atoms with Crippen LogP contribution in [0.5, 0.6) is 5.75 Å². The van der Waals surface area contributed by atoms with Gasteiger partial charge in [-0.3, -0.25) is 4.79 Å². The monoisotopic (exact) mass is 434 g/mol. The van der Waals surface area contributed by atoms with E-state index in [0.717, 1.165) is 50.3 Å². The van der Waals surface area contributed by atoms with Gasteiger partial charge in [0.1, 0.15) is 5.75 Å².